The van der Waals surface area contributed by atoms with E-state index in [2.05, 4.69) is 5.32 Å². The lowest BCUT2D eigenvalue weighted by Crippen LogP contribution is -2.28. The predicted molar refractivity (Wildman–Crippen MR) is 78.7 cm³/mol. The van der Waals surface area contributed by atoms with Gasteiger partial charge in [0.05, 0.1) is 16.1 Å². The van der Waals surface area contributed by atoms with Crippen molar-refractivity contribution in [2.75, 3.05) is 6.54 Å². The molecule has 1 heterocycles. The molecular formula is C15H19Cl2NO. The van der Waals surface area contributed by atoms with Crippen LogP contribution in [0.3, 0.4) is 0 Å². The van der Waals surface area contributed by atoms with E-state index in [-0.39, 0.29) is 0 Å². The molecule has 1 saturated carbocycles. The number of halogens is 2. The fourth-order valence-electron chi connectivity index (χ4n) is 3.66. The molecule has 4 atom stereocenters. The van der Waals surface area contributed by atoms with Crippen molar-refractivity contribution in [2.45, 2.75) is 37.8 Å². The molecular weight excluding hydrogens is 281 g/mol. The minimum absolute atomic E-state index is 0.442. The Morgan fingerprint density at radius 3 is 2.89 bits per heavy atom. The number of benzene rings is 1. The summed E-state index contributed by atoms with van der Waals surface area (Å²) in [5.74, 6) is 1.57. The van der Waals surface area contributed by atoms with Crippen LogP contribution in [0.25, 0.3) is 0 Å². The standard InChI is InChI=1S/C15H19Cl2NO/c16-12-5-4-9(6-13(12)17)15(19)7-14-11-3-1-2-10(11)8-18-14/h4-6,10-11,14-15,18-19H,1-3,7-8H2. The van der Waals surface area contributed by atoms with Crippen LogP contribution in [-0.4, -0.2) is 17.7 Å². The number of aliphatic hydroxyl groups is 1. The molecule has 2 aliphatic rings. The molecule has 0 radical (unpaired) electrons. The van der Waals surface area contributed by atoms with Gasteiger partial charge >= 0.3 is 0 Å². The quantitative estimate of drug-likeness (QED) is 0.890. The first-order chi connectivity index (χ1) is 9.15. The number of fused-ring (bicyclic) bond motifs is 1. The molecule has 0 amide bonds. The van der Waals surface area contributed by atoms with Gasteiger partial charge in [-0.3, -0.25) is 0 Å². The molecule has 0 bridgehead atoms. The lowest BCUT2D eigenvalue weighted by atomic mass is 9.89. The fraction of sp³-hybridized carbons (Fsp3) is 0.600. The summed E-state index contributed by atoms with van der Waals surface area (Å²) >= 11 is 11.9. The Bertz CT molecular complexity index is 465. The van der Waals surface area contributed by atoms with E-state index in [1.807, 2.05) is 6.07 Å². The van der Waals surface area contributed by atoms with Crippen molar-refractivity contribution in [1.29, 1.82) is 0 Å². The maximum absolute atomic E-state index is 10.4. The van der Waals surface area contributed by atoms with Crippen molar-refractivity contribution >= 4 is 23.2 Å². The molecule has 0 aromatic heterocycles. The topological polar surface area (TPSA) is 32.3 Å². The smallest absolute Gasteiger partial charge is 0.0805 e. The highest BCUT2D eigenvalue weighted by Gasteiger charge is 2.39. The summed E-state index contributed by atoms with van der Waals surface area (Å²) in [4.78, 5) is 0. The Kier molecular flexibility index (Phi) is 4.04. The molecule has 1 aromatic carbocycles. The zero-order valence-electron chi connectivity index (χ0n) is 10.8. The largest absolute Gasteiger partial charge is 0.388 e. The van der Waals surface area contributed by atoms with Gasteiger partial charge in [0.2, 0.25) is 0 Å². The molecule has 1 aromatic rings. The maximum Gasteiger partial charge on any atom is 0.0805 e. The van der Waals surface area contributed by atoms with Crippen molar-refractivity contribution in [1.82, 2.24) is 5.32 Å². The van der Waals surface area contributed by atoms with E-state index in [1.54, 1.807) is 12.1 Å². The molecule has 1 aliphatic carbocycles. The van der Waals surface area contributed by atoms with Gasteiger partial charge in [-0.15, -0.1) is 0 Å². The SMILES string of the molecule is OC(CC1NCC2CCCC21)c1ccc(Cl)c(Cl)c1. The zero-order chi connectivity index (χ0) is 13.4. The lowest BCUT2D eigenvalue weighted by molar-refractivity contribution is 0.145. The third-order valence-electron chi connectivity index (χ3n) is 4.68. The summed E-state index contributed by atoms with van der Waals surface area (Å²) in [6, 6.07) is 5.83. The van der Waals surface area contributed by atoms with E-state index in [9.17, 15) is 5.11 Å². The van der Waals surface area contributed by atoms with Crippen LogP contribution in [0, 0.1) is 11.8 Å². The van der Waals surface area contributed by atoms with Crippen LogP contribution < -0.4 is 5.32 Å². The Balaban J connectivity index is 1.67. The van der Waals surface area contributed by atoms with E-state index in [0.29, 0.717) is 16.1 Å². The average Bonchev–Trinajstić information content (AvgIpc) is 2.97. The third-order valence-corrected chi connectivity index (χ3v) is 5.42. The van der Waals surface area contributed by atoms with Gasteiger partial charge in [0.15, 0.2) is 0 Å². The van der Waals surface area contributed by atoms with Gasteiger partial charge in [-0.25, -0.2) is 0 Å². The van der Waals surface area contributed by atoms with Crippen LogP contribution >= 0.6 is 23.2 Å². The number of hydrogen-bond donors (Lipinski definition) is 2. The van der Waals surface area contributed by atoms with E-state index in [0.717, 1.165) is 30.4 Å². The minimum Gasteiger partial charge on any atom is -0.388 e. The molecule has 0 spiro atoms. The van der Waals surface area contributed by atoms with Crippen LogP contribution in [0.15, 0.2) is 18.2 Å². The molecule has 2 N–H and O–H groups in total. The second-order valence-electron chi connectivity index (χ2n) is 5.79. The predicted octanol–water partition coefficient (Wildman–Crippen LogP) is 3.81. The highest BCUT2D eigenvalue weighted by molar-refractivity contribution is 6.42. The number of hydrogen-bond acceptors (Lipinski definition) is 2. The van der Waals surface area contributed by atoms with Crippen LogP contribution in [-0.2, 0) is 0 Å². The second kappa shape index (κ2) is 5.61. The highest BCUT2D eigenvalue weighted by Crippen LogP contribution is 2.40. The maximum atomic E-state index is 10.4. The number of rotatable bonds is 3. The van der Waals surface area contributed by atoms with Crippen LogP contribution in [0.2, 0.25) is 10.0 Å². The van der Waals surface area contributed by atoms with Gasteiger partial charge in [-0.1, -0.05) is 35.7 Å². The first-order valence-corrected chi connectivity index (χ1v) is 7.77. The molecule has 2 fully saturated rings. The first-order valence-electron chi connectivity index (χ1n) is 7.01. The van der Waals surface area contributed by atoms with Gasteiger partial charge in [0.1, 0.15) is 0 Å². The van der Waals surface area contributed by atoms with Crippen molar-refractivity contribution < 1.29 is 5.11 Å². The number of aliphatic hydroxyl groups excluding tert-OH is 1. The number of nitrogens with one attached hydrogen (secondary N) is 1. The normalized spacial score (nSPS) is 31.4. The van der Waals surface area contributed by atoms with Gasteiger partial charge in [0, 0.05) is 6.04 Å². The molecule has 104 valence electrons. The minimum atomic E-state index is -0.466. The summed E-state index contributed by atoms with van der Waals surface area (Å²) in [6.07, 6.45) is 4.29. The van der Waals surface area contributed by atoms with Gasteiger partial charge in [-0.05, 0) is 55.3 Å². The lowest BCUT2D eigenvalue weighted by Gasteiger charge is -2.22. The van der Waals surface area contributed by atoms with Gasteiger partial charge in [-0.2, -0.15) is 0 Å². The van der Waals surface area contributed by atoms with Crippen molar-refractivity contribution in [3.63, 3.8) is 0 Å². The van der Waals surface area contributed by atoms with Crippen LogP contribution in [0.4, 0.5) is 0 Å². The first kappa shape index (κ1) is 13.7. The van der Waals surface area contributed by atoms with E-state index in [1.165, 1.54) is 19.3 Å². The average molecular weight is 300 g/mol. The van der Waals surface area contributed by atoms with Crippen LogP contribution in [0.5, 0.6) is 0 Å². The highest BCUT2D eigenvalue weighted by atomic mass is 35.5. The van der Waals surface area contributed by atoms with Crippen LogP contribution in [0.1, 0.15) is 37.4 Å². The van der Waals surface area contributed by atoms with E-state index < -0.39 is 6.10 Å². The second-order valence-corrected chi connectivity index (χ2v) is 6.61. The summed E-state index contributed by atoms with van der Waals surface area (Å²) in [7, 11) is 0. The molecule has 19 heavy (non-hydrogen) atoms. The molecule has 3 rings (SSSR count). The zero-order valence-corrected chi connectivity index (χ0v) is 12.3. The molecule has 1 aliphatic heterocycles. The Labute approximate surface area is 124 Å². The third kappa shape index (κ3) is 2.78. The summed E-state index contributed by atoms with van der Waals surface area (Å²) in [5, 5.41) is 15.0. The summed E-state index contributed by atoms with van der Waals surface area (Å²) in [6.45, 7) is 1.11. The molecule has 4 unspecified atom stereocenters. The van der Waals surface area contributed by atoms with Gasteiger partial charge in [0.25, 0.3) is 0 Å². The summed E-state index contributed by atoms with van der Waals surface area (Å²) < 4.78 is 0. The Morgan fingerprint density at radius 2 is 2.11 bits per heavy atom. The van der Waals surface area contributed by atoms with E-state index >= 15 is 0 Å². The molecule has 4 heteroatoms. The Morgan fingerprint density at radius 1 is 1.26 bits per heavy atom. The molecule has 2 nitrogen and oxygen atoms in total. The Hall–Kier alpha value is -0.280. The van der Waals surface area contributed by atoms with Gasteiger partial charge < -0.3 is 10.4 Å². The summed E-state index contributed by atoms with van der Waals surface area (Å²) in [5.41, 5.74) is 0.859. The van der Waals surface area contributed by atoms with Crippen molar-refractivity contribution in [3.8, 4) is 0 Å². The van der Waals surface area contributed by atoms with Crippen molar-refractivity contribution in [3.05, 3.63) is 33.8 Å². The fourth-order valence-corrected chi connectivity index (χ4v) is 3.96. The molecule has 1 saturated heterocycles. The monoisotopic (exact) mass is 299 g/mol. The van der Waals surface area contributed by atoms with E-state index in [4.69, 9.17) is 23.2 Å². The van der Waals surface area contributed by atoms with Crippen molar-refractivity contribution in [2.24, 2.45) is 11.8 Å².